The highest BCUT2D eigenvalue weighted by atomic mass is 16.3. The Kier molecular flexibility index (Phi) is 6.41. The zero-order valence-corrected chi connectivity index (χ0v) is 21.0. The monoisotopic (exact) mass is 434 g/mol. The summed E-state index contributed by atoms with van der Waals surface area (Å²) in [6.07, 6.45) is 13.8. The maximum atomic E-state index is 10.7. The van der Waals surface area contributed by atoms with E-state index in [1.807, 2.05) is 6.92 Å². The third kappa shape index (κ3) is 4.26. The Balaban J connectivity index is 1.45. The van der Waals surface area contributed by atoms with Gasteiger partial charge >= 0.3 is 0 Å². The highest BCUT2D eigenvalue weighted by molar-refractivity contribution is 5.10. The number of aliphatic hydroxyl groups excluding tert-OH is 1. The molecule has 4 saturated carbocycles. The molecule has 4 aliphatic carbocycles. The van der Waals surface area contributed by atoms with Crippen LogP contribution in [0, 0.1) is 46.3 Å². The second kappa shape index (κ2) is 8.27. The minimum atomic E-state index is -0.727. The highest BCUT2D eigenvalue weighted by Crippen LogP contribution is 2.68. The van der Waals surface area contributed by atoms with E-state index in [1.54, 1.807) is 0 Å². The Morgan fingerprint density at radius 1 is 0.903 bits per heavy atom. The Bertz CT molecular complexity index is 642. The summed E-state index contributed by atoms with van der Waals surface area (Å²) < 4.78 is 0. The van der Waals surface area contributed by atoms with Crippen molar-refractivity contribution in [2.24, 2.45) is 46.3 Å². The van der Waals surface area contributed by atoms with Crippen molar-refractivity contribution in [3.05, 3.63) is 0 Å². The summed E-state index contributed by atoms with van der Waals surface area (Å²) in [5.41, 5.74) is -0.258. The number of hydrogen-bond donors (Lipinski definition) is 3. The van der Waals surface area contributed by atoms with E-state index in [0.717, 1.165) is 49.4 Å². The summed E-state index contributed by atoms with van der Waals surface area (Å²) in [4.78, 5) is 0. The number of fused-ring (bicyclic) bond motifs is 5. The number of rotatable bonds is 6. The van der Waals surface area contributed by atoms with E-state index in [-0.39, 0.29) is 6.61 Å². The third-order valence-corrected chi connectivity index (χ3v) is 11.5. The van der Waals surface area contributed by atoms with Gasteiger partial charge in [0.15, 0.2) is 0 Å². The van der Waals surface area contributed by atoms with Gasteiger partial charge in [0.1, 0.15) is 0 Å². The second-order valence-electron chi connectivity index (χ2n) is 13.6. The zero-order chi connectivity index (χ0) is 22.7. The summed E-state index contributed by atoms with van der Waals surface area (Å²) in [6.45, 7) is 11.7. The van der Waals surface area contributed by atoms with Gasteiger partial charge < -0.3 is 15.3 Å². The first-order valence-electron chi connectivity index (χ1n) is 13.5. The lowest BCUT2D eigenvalue weighted by Gasteiger charge is -2.62. The molecule has 3 heteroatoms. The topological polar surface area (TPSA) is 60.7 Å². The van der Waals surface area contributed by atoms with Crippen molar-refractivity contribution in [3.63, 3.8) is 0 Å². The zero-order valence-electron chi connectivity index (χ0n) is 21.0. The minimum absolute atomic E-state index is 0.0723. The van der Waals surface area contributed by atoms with E-state index in [2.05, 4.69) is 27.7 Å². The molecule has 180 valence electrons. The van der Waals surface area contributed by atoms with Crippen LogP contribution in [-0.2, 0) is 0 Å². The second-order valence-corrected chi connectivity index (χ2v) is 13.6. The quantitative estimate of drug-likeness (QED) is 0.484. The van der Waals surface area contributed by atoms with Gasteiger partial charge in [-0.15, -0.1) is 0 Å². The maximum Gasteiger partial charge on any atom is 0.0641 e. The lowest BCUT2D eigenvalue weighted by Crippen LogP contribution is -2.55. The van der Waals surface area contributed by atoms with E-state index >= 15 is 0 Å². The molecule has 0 bridgehead atoms. The lowest BCUT2D eigenvalue weighted by atomic mass is 9.43. The van der Waals surface area contributed by atoms with Gasteiger partial charge in [-0.05, 0) is 137 Å². The van der Waals surface area contributed by atoms with Crippen LogP contribution in [0.3, 0.4) is 0 Å². The Labute approximate surface area is 191 Å². The molecule has 0 aliphatic heterocycles. The summed E-state index contributed by atoms with van der Waals surface area (Å²) >= 11 is 0. The van der Waals surface area contributed by atoms with Crippen LogP contribution < -0.4 is 0 Å². The van der Waals surface area contributed by atoms with Gasteiger partial charge in [-0.1, -0.05) is 20.8 Å². The van der Waals surface area contributed by atoms with Crippen LogP contribution in [0.4, 0.5) is 0 Å². The van der Waals surface area contributed by atoms with Crippen molar-refractivity contribution < 1.29 is 15.3 Å². The maximum absolute atomic E-state index is 10.7. The molecule has 3 N–H and O–H groups in total. The van der Waals surface area contributed by atoms with Crippen LogP contribution >= 0.6 is 0 Å². The van der Waals surface area contributed by atoms with E-state index in [9.17, 15) is 15.3 Å². The molecule has 4 fully saturated rings. The van der Waals surface area contributed by atoms with E-state index in [0.29, 0.717) is 29.1 Å². The van der Waals surface area contributed by atoms with Crippen LogP contribution in [-0.4, -0.2) is 33.1 Å². The van der Waals surface area contributed by atoms with Crippen LogP contribution in [0.2, 0.25) is 0 Å². The lowest BCUT2D eigenvalue weighted by molar-refractivity contribution is -0.148. The predicted molar refractivity (Wildman–Crippen MR) is 127 cm³/mol. The summed E-state index contributed by atoms with van der Waals surface area (Å²) in [6, 6.07) is 0. The molecule has 3 nitrogen and oxygen atoms in total. The fourth-order valence-corrected chi connectivity index (χ4v) is 9.51. The van der Waals surface area contributed by atoms with Gasteiger partial charge in [-0.2, -0.15) is 0 Å². The molecule has 0 aromatic carbocycles. The van der Waals surface area contributed by atoms with Crippen LogP contribution in [0.5, 0.6) is 0 Å². The Morgan fingerprint density at radius 3 is 2.32 bits per heavy atom. The van der Waals surface area contributed by atoms with Gasteiger partial charge in [0, 0.05) is 6.61 Å². The van der Waals surface area contributed by atoms with Gasteiger partial charge in [0.05, 0.1) is 11.2 Å². The Morgan fingerprint density at radius 2 is 1.61 bits per heavy atom. The molecule has 0 radical (unpaired) electrons. The van der Waals surface area contributed by atoms with Crippen LogP contribution in [0.1, 0.15) is 112 Å². The minimum Gasteiger partial charge on any atom is -0.396 e. The van der Waals surface area contributed by atoms with Crippen molar-refractivity contribution in [1.82, 2.24) is 0 Å². The first-order valence-corrected chi connectivity index (χ1v) is 13.5. The standard InChI is InChI=1S/C28H50O3/c1-19(10-12-25(2,30)16-17-29)22-8-9-23-21-7-6-20-18-26(3,31)14-15-27(20,4)24(21)11-13-28(22,23)5/h19-24,29-31H,6-18H2,1-5H3/t19-,20+,21+,22-,23+,24+,25?,26+,27+,28-/m1/s1. The van der Waals surface area contributed by atoms with Crippen molar-refractivity contribution in [1.29, 1.82) is 0 Å². The molecule has 0 amide bonds. The fraction of sp³-hybridized carbons (Fsp3) is 1.00. The molecule has 4 rings (SSSR count). The first-order chi connectivity index (χ1) is 14.4. The van der Waals surface area contributed by atoms with Crippen LogP contribution in [0.15, 0.2) is 0 Å². The smallest absolute Gasteiger partial charge is 0.0641 e. The van der Waals surface area contributed by atoms with Crippen molar-refractivity contribution in [2.75, 3.05) is 6.61 Å². The average Bonchev–Trinajstić information content (AvgIpc) is 3.04. The molecule has 0 aromatic heterocycles. The Hall–Kier alpha value is -0.120. The third-order valence-electron chi connectivity index (χ3n) is 11.5. The number of hydrogen-bond acceptors (Lipinski definition) is 3. The largest absolute Gasteiger partial charge is 0.396 e. The molecule has 0 spiro atoms. The highest BCUT2D eigenvalue weighted by Gasteiger charge is 2.61. The van der Waals surface area contributed by atoms with E-state index in [1.165, 1.54) is 44.9 Å². The van der Waals surface area contributed by atoms with Crippen LogP contribution in [0.25, 0.3) is 0 Å². The molecule has 31 heavy (non-hydrogen) atoms. The summed E-state index contributed by atoms with van der Waals surface area (Å²) in [5.74, 6) is 4.76. The summed E-state index contributed by atoms with van der Waals surface area (Å²) in [5, 5.41) is 30.5. The molecule has 0 heterocycles. The van der Waals surface area contributed by atoms with Gasteiger partial charge in [0.2, 0.25) is 0 Å². The van der Waals surface area contributed by atoms with Gasteiger partial charge in [0.25, 0.3) is 0 Å². The van der Waals surface area contributed by atoms with Crippen molar-refractivity contribution in [2.45, 2.75) is 123 Å². The molecular formula is C28H50O3. The molecule has 4 aliphatic rings. The first kappa shape index (κ1) is 24.0. The predicted octanol–water partition coefficient (Wildman–Crippen LogP) is 5.95. The van der Waals surface area contributed by atoms with E-state index in [4.69, 9.17) is 0 Å². The molecule has 0 saturated heterocycles. The molecular weight excluding hydrogens is 384 g/mol. The van der Waals surface area contributed by atoms with Crippen molar-refractivity contribution in [3.8, 4) is 0 Å². The summed E-state index contributed by atoms with van der Waals surface area (Å²) in [7, 11) is 0. The number of aliphatic hydroxyl groups is 3. The molecule has 0 aromatic rings. The average molecular weight is 435 g/mol. The fourth-order valence-electron chi connectivity index (χ4n) is 9.51. The molecule has 1 unspecified atom stereocenters. The van der Waals surface area contributed by atoms with Gasteiger partial charge in [-0.25, -0.2) is 0 Å². The van der Waals surface area contributed by atoms with E-state index < -0.39 is 11.2 Å². The SMILES string of the molecule is C[C@H](CCC(C)(O)CCO)[C@H]1CC[C@H]2[C@@H]3CC[C@H]4C[C@@](C)(O)CC[C@]4(C)[C@H]3CC[C@]12C. The van der Waals surface area contributed by atoms with Crippen molar-refractivity contribution >= 4 is 0 Å². The molecule has 10 atom stereocenters. The normalized spacial score (nSPS) is 50.1. The van der Waals surface area contributed by atoms with Gasteiger partial charge in [-0.3, -0.25) is 0 Å².